The van der Waals surface area contributed by atoms with Gasteiger partial charge in [0.2, 0.25) is 0 Å². The van der Waals surface area contributed by atoms with Crippen LogP contribution in [-0.2, 0) is 9.17 Å². The summed E-state index contributed by atoms with van der Waals surface area (Å²) >= 11 is 0. The normalized spacial score (nSPS) is 3.20. The quantitative estimate of drug-likeness (QED) is 0.501. The minimum atomic E-state index is -1.15. The average molecular weight is 284 g/mol. The van der Waals surface area contributed by atoms with Gasteiger partial charge in [-0.15, -0.1) is 0 Å². The van der Waals surface area contributed by atoms with Gasteiger partial charge in [-0.3, -0.25) is 0 Å². The molecule has 0 fully saturated rings. The van der Waals surface area contributed by atoms with Crippen molar-refractivity contribution in [3.8, 4) is 0 Å². The van der Waals surface area contributed by atoms with Gasteiger partial charge in [0.25, 0.3) is 0 Å². The molecule has 0 spiro atoms. The molecule has 0 amide bonds. The van der Waals surface area contributed by atoms with Crippen molar-refractivity contribution in [2.75, 3.05) is 0 Å². The molecule has 0 rings (SSSR count). The molecule has 0 aromatic carbocycles. The van der Waals surface area contributed by atoms with Crippen molar-refractivity contribution in [1.82, 2.24) is 0 Å². The van der Waals surface area contributed by atoms with Crippen molar-refractivity contribution >= 4 is 42.2 Å². The molecule has 2 nitrogen and oxygen atoms in total. The topological polar surface area (TPSA) is 34.1 Å². The Hall–Kier alpha value is 0.765. The van der Waals surface area contributed by atoms with Crippen LogP contribution in [0, 0.1) is 0 Å². The first-order chi connectivity index (χ1) is 1.91. The van der Waals surface area contributed by atoms with Crippen LogP contribution in [0.25, 0.3) is 0 Å². The minimum absolute atomic E-state index is 0. The van der Waals surface area contributed by atoms with Crippen molar-refractivity contribution in [3.05, 3.63) is 0 Å². The van der Waals surface area contributed by atoms with Gasteiger partial charge in [-0.2, -0.15) is 0 Å². The Balaban J connectivity index is 0. The molecule has 0 aliphatic rings. The predicted molar refractivity (Wildman–Crippen MR) is 24.2 cm³/mol. The van der Waals surface area contributed by atoms with Crippen LogP contribution in [0.2, 0.25) is 0 Å². The van der Waals surface area contributed by atoms with E-state index in [0.29, 0.717) is 6.74 Å². The zero-order valence-corrected chi connectivity index (χ0v) is 9.33. The van der Waals surface area contributed by atoms with Gasteiger partial charge in [-0.05, 0) is 0 Å². The van der Waals surface area contributed by atoms with Crippen LogP contribution in [0.15, 0.2) is 0 Å². The first-order valence-electron chi connectivity index (χ1n) is 0.805. The summed E-state index contributed by atoms with van der Waals surface area (Å²) in [5.41, 5.74) is 0. The summed E-state index contributed by atoms with van der Waals surface area (Å²) in [7, 11) is -1.15. The fourth-order valence-corrected chi connectivity index (χ4v) is 0. The fraction of sp³-hybridized carbons (Fsp3) is 0. The summed E-state index contributed by atoms with van der Waals surface area (Å²) in [4.78, 5) is 0. The van der Waals surface area contributed by atoms with Gasteiger partial charge in [-0.25, -0.2) is 0 Å². The van der Waals surface area contributed by atoms with Crippen LogP contribution >= 0.6 is 0 Å². The Labute approximate surface area is 51.5 Å². The van der Waals surface area contributed by atoms with Gasteiger partial charge in [0.1, 0.15) is 0 Å². The van der Waals surface area contributed by atoms with E-state index in [-0.39, 0.29) is 26.2 Å². The molecule has 0 bridgehead atoms. The molecule has 0 N–H and O–H groups in total. The second-order valence-corrected chi connectivity index (χ2v) is 0.816. The zero-order chi connectivity index (χ0) is 3.41. The third kappa shape index (κ3) is 11.7. The van der Waals surface area contributed by atoms with Crippen LogP contribution in [0.4, 0.5) is 0 Å². The summed E-state index contributed by atoms with van der Waals surface area (Å²) in [6, 6.07) is 0. The Kier molecular flexibility index (Phi) is 16.3. The Morgan fingerprint density at radius 2 is 1.80 bits per heavy atom. The standard InChI is InChI=1S/BHO2Si.Bi.3H/c2-1-4-3;;;;/h4H;;;;. The summed E-state index contributed by atoms with van der Waals surface area (Å²) in [5, 5.41) is 0. The SMILES string of the molecule is O=B[SiH]=O.[BiH3]. The number of hydrogen-bond donors (Lipinski definition) is 0. The second kappa shape index (κ2) is 8.83. The third-order valence-electron chi connectivity index (χ3n) is 0.0556. The molecular formula is H4BBiO2Si. The van der Waals surface area contributed by atoms with Crippen LogP contribution < -0.4 is 0 Å². The molecule has 0 saturated carbocycles. The van der Waals surface area contributed by atoms with E-state index in [9.17, 15) is 0 Å². The molecular weight excluding hydrogens is 280 g/mol. The summed E-state index contributed by atoms with van der Waals surface area (Å²) in [5.74, 6) is 0. The van der Waals surface area contributed by atoms with E-state index in [2.05, 4.69) is 0 Å². The fourth-order valence-electron chi connectivity index (χ4n) is 0. The van der Waals surface area contributed by atoms with Crippen LogP contribution in [0.5, 0.6) is 0 Å². The first-order valence-corrected chi connectivity index (χ1v) is 1.94. The average Bonchev–Trinajstić information content (AvgIpc) is 1.37. The first kappa shape index (κ1) is 9.23. The van der Waals surface area contributed by atoms with E-state index in [1.54, 1.807) is 0 Å². The van der Waals surface area contributed by atoms with E-state index < -0.39 is 9.28 Å². The number of rotatable bonds is 1. The van der Waals surface area contributed by atoms with Gasteiger partial charge in [-0.1, -0.05) is 0 Å². The Bertz CT molecular complexity index is 30.6. The van der Waals surface area contributed by atoms with Crippen molar-refractivity contribution in [2.45, 2.75) is 0 Å². The van der Waals surface area contributed by atoms with E-state index in [1.807, 2.05) is 0 Å². The molecule has 0 aromatic rings. The third-order valence-corrected chi connectivity index (χ3v) is 0.167. The second-order valence-electron chi connectivity index (χ2n) is 0.272. The molecule has 5 heteroatoms. The van der Waals surface area contributed by atoms with E-state index in [4.69, 9.17) is 9.17 Å². The summed E-state index contributed by atoms with van der Waals surface area (Å²) in [6.07, 6.45) is 0. The van der Waals surface area contributed by atoms with E-state index in [0.717, 1.165) is 0 Å². The van der Waals surface area contributed by atoms with Gasteiger partial charge in [0.15, 0.2) is 0 Å². The van der Waals surface area contributed by atoms with Gasteiger partial charge < -0.3 is 0 Å². The van der Waals surface area contributed by atoms with Crippen molar-refractivity contribution in [2.24, 2.45) is 0 Å². The van der Waals surface area contributed by atoms with Gasteiger partial charge in [0.05, 0.1) is 0 Å². The number of hydrogen-bond acceptors (Lipinski definition) is 2. The molecule has 0 aliphatic heterocycles. The van der Waals surface area contributed by atoms with E-state index >= 15 is 0 Å². The Morgan fingerprint density at radius 1 is 1.60 bits per heavy atom. The predicted octanol–water partition coefficient (Wildman–Crippen LogP) is -2.45. The molecule has 0 atom stereocenters. The molecule has 0 saturated heterocycles. The van der Waals surface area contributed by atoms with Crippen LogP contribution in [0.3, 0.4) is 0 Å². The summed E-state index contributed by atoms with van der Waals surface area (Å²) in [6.45, 7) is 0.403. The molecule has 0 aromatic heterocycles. The van der Waals surface area contributed by atoms with E-state index in [1.165, 1.54) is 0 Å². The molecule has 0 aliphatic carbocycles. The van der Waals surface area contributed by atoms with Gasteiger partial charge >= 0.3 is 51.4 Å². The van der Waals surface area contributed by atoms with Crippen LogP contribution in [0.1, 0.15) is 0 Å². The van der Waals surface area contributed by atoms with Crippen LogP contribution in [-0.4, -0.2) is 42.2 Å². The summed E-state index contributed by atoms with van der Waals surface area (Å²) < 4.78 is 17.9. The zero-order valence-electron chi connectivity index (χ0n) is 2.68. The van der Waals surface area contributed by atoms with Crippen molar-refractivity contribution in [3.63, 3.8) is 0 Å². The molecule has 5 heavy (non-hydrogen) atoms. The molecule has 0 unspecified atom stereocenters. The van der Waals surface area contributed by atoms with Gasteiger partial charge in [0, 0.05) is 0 Å². The monoisotopic (exact) mass is 284 g/mol. The van der Waals surface area contributed by atoms with Crippen molar-refractivity contribution < 1.29 is 9.17 Å². The maximum absolute atomic E-state index is 9.01. The van der Waals surface area contributed by atoms with Crippen molar-refractivity contribution in [1.29, 1.82) is 0 Å². The molecule has 28 valence electrons. The Morgan fingerprint density at radius 3 is 1.80 bits per heavy atom. The maximum atomic E-state index is 9.01. The molecule has 0 heterocycles. The molecule has 0 radical (unpaired) electrons.